The van der Waals surface area contributed by atoms with Crippen molar-refractivity contribution >= 4 is 27.4 Å². The number of carbonyl (C=O) groups is 1. The summed E-state index contributed by atoms with van der Waals surface area (Å²) in [5, 5.41) is 8.35. The summed E-state index contributed by atoms with van der Waals surface area (Å²) in [4.78, 5) is 12.9. The Morgan fingerprint density at radius 2 is 2.00 bits per heavy atom. The van der Waals surface area contributed by atoms with Gasteiger partial charge in [0.05, 0.1) is 17.3 Å². The van der Waals surface area contributed by atoms with Crippen molar-refractivity contribution in [3.05, 3.63) is 53.2 Å². The molecule has 9 nitrogen and oxygen atoms in total. The quantitative estimate of drug-likeness (QED) is 0.380. The van der Waals surface area contributed by atoms with Gasteiger partial charge in [0.2, 0.25) is 6.10 Å². The van der Waals surface area contributed by atoms with Crippen LogP contribution in [-0.2, 0) is 9.84 Å². The predicted octanol–water partition coefficient (Wildman–Crippen LogP) is 3.34. The number of ketones is 1. The molecule has 2 atom stereocenters. The highest BCUT2D eigenvalue weighted by Gasteiger charge is 2.32. The number of thioether (sulfide) groups is 1. The average Bonchev–Trinajstić information content (AvgIpc) is 3.49. The molecule has 2 aromatic heterocycles. The Bertz CT molecular complexity index is 1310. The molecule has 0 spiro atoms. The maximum absolute atomic E-state index is 12.9. The van der Waals surface area contributed by atoms with Gasteiger partial charge in [-0.15, -0.1) is 10.2 Å². The van der Waals surface area contributed by atoms with E-state index in [0.29, 0.717) is 29.4 Å². The SMILES string of the molecule is Cc1cc(C(=O)CSc2nnc(C3COc4ccccc4O3)o2)c(C)n1C1CCS(=O)(=O)C1. The zero-order chi connectivity index (χ0) is 23.2. The number of fused-ring (bicyclic) bond motifs is 1. The van der Waals surface area contributed by atoms with Gasteiger partial charge in [-0.25, -0.2) is 8.42 Å². The van der Waals surface area contributed by atoms with Crippen LogP contribution in [0.5, 0.6) is 11.5 Å². The van der Waals surface area contributed by atoms with E-state index in [1.807, 2.05) is 48.7 Å². The van der Waals surface area contributed by atoms with Gasteiger partial charge in [0, 0.05) is 23.0 Å². The molecule has 0 aliphatic carbocycles. The van der Waals surface area contributed by atoms with Gasteiger partial charge in [0.15, 0.2) is 27.1 Å². The molecule has 11 heteroatoms. The molecule has 2 unspecified atom stereocenters. The minimum atomic E-state index is -3.01. The van der Waals surface area contributed by atoms with Gasteiger partial charge in [-0.1, -0.05) is 23.9 Å². The van der Waals surface area contributed by atoms with E-state index in [4.69, 9.17) is 13.9 Å². The summed E-state index contributed by atoms with van der Waals surface area (Å²) in [6, 6.07) is 9.07. The van der Waals surface area contributed by atoms with Gasteiger partial charge in [-0.3, -0.25) is 4.79 Å². The van der Waals surface area contributed by atoms with Crippen molar-refractivity contribution in [1.82, 2.24) is 14.8 Å². The lowest BCUT2D eigenvalue weighted by molar-refractivity contribution is 0.0686. The fraction of sp³-hybridized carbons (Fsp3) is 0.409. The van der Waals surface area contributed by atoms with Gasteiger partial charge >= 0.3 is 0 Å². The minimum Gasteiger partial charge on any atom is -0.485 e. The van der Waals surface area contributed by atoms with Gasteiger partial charge in [-0.05, 0) is 38.5 Å². The van der Waals surface area contributed by atoms with Crippen molar-refractivity contribution in [2.24, 2.45) is 0 Å². The Labute approximate surface area is 195 Å². The highest BCUT2D eigenvalue weighted by Crippen LogP contribution is 2.36. The normalized spacial score (nSPS) is 21.3. The second-order valence-corrected chi connectivity index (χ2v) is 11.3. The first-order chi connectivity index (χ1) is 15.8. The van der Waals surface area contributed by atoms with E-state index in [-0.39, 0.29) is 40.9 Å². The number of aryl methyl sites for hydroxylation is 1. The van der Waals surface area contributed by atoms with Crippen LogP contribution in [0.3, 0.4) is 0 Å². The highest BCUT2D eigenvalue weighted by atomic mass is 32.2. The van der Waals surface area contributed by atoms with Crippen LogP contribution in [0, 0.1) is 13.8 Å². The van der Waals surface area contributed by atoms with Crippen molar-refractivity contribution in [3.63, 3.8) is 0 Å². The molecule has 1 aromatic carbocycles. The maximum atomic E-state index is 12.9. The number of sulfone groups is 1. The van der Waals surface area contributed by atoms with Crippen molar-refractivity contribution in [1.29, 1.82) is 0 Å². The fourth-order valence-electron chi connectivity index (χ4n) is 4.36. The monoisotopic (exact) mass is 489 g/mol. The fourth-order valence-corrected chi connectivity index (χ4v) is 6.71. The minimum absolute atomic E-state index is 0.0777. The average molecular weight is 490 g/mol. The number of nitrogens with zero attached hydrogens (tertiary/aromatic N) is 3. The molecule has 3 aromatic rings. The molecule has 0 saturated carbocycles. The maximum Gasteiger partial charge on any atom is 0.277 e. The number of rotatable bonds is 6. The smallest absolute Gasteiger partial charge is 0.277 e. The second kappa shape index (κ2) is 8.53. The number of carbonyl (C=O) groups excluding carboxylic acids is 1. The Morgan fingerprint density at radius 3 is 2.76 bits per heavy atom. The summed E-state index contributed by atoms with van der Waals surface area (Å²) < 4.78 is 43.0. The van der Waals surface area contributed by atoms with Crippen molar-refractivity contribution in [2.45, 2.75) is 37.6 Å². The Morgan fingerprint density at radius 1 is 1.21 bits per heavy atom. The molecular weight excluding hydrogens is 466 g/mol. The summed E-state index contributed by atoms with van der Waals surface area (Å²) in [5.41, 5.74) is 2.26. The van der Waals surface area contributed by atoms with Gasteiger partial charge < -0.3 is 18.5 Å². The Hall–Kier alpha value is -2.79. The molecule has 2 aliphatic rings. The number of ether oxygens (including phenoxy) is 2. The standard InChI is InChI=1S/C22H23N3O6S2/c1-13-9-16(14(2)25(13)15-7-8-33(27,28)12-15)17(26)11-32-22-24-23-21(31-22)20-10-29-18-5-3-4-6-19(18)30-20/h3-6,9,15,20H,7-8,10-12H2,1-2H3. The molecule has 1 saturated heterocycles. The molecule has 0 N–H and O–H groups in total. The third-order valence-electron chi connectivity index (χ3n) is 5.89. The van der Waals surface area contributed by atoms with Crippen LogP contribution in [0.4, 0.5) is 0 Å². The topological polar surface area (TPSA) is 114 Å². The van der Waals surface area contributed by atoms with Crippen LogP contribution in [0.2, 0.25) is 0 Å². The van der Waals surface area contributed by atoms with E-state index < -0.39 is 15.9 Å². The second-order valence-electron chi connectivity index (χ2n) is 8.19. The number of benzene rings is 1. The summed E-state index contributed by atoms with van der Waals surface area (Å²) in [6.07, 6.45) is 0.0579. The summed E-state index contributed by atoms with van der Waals surface area (Å²) >= 11 is 1.16. The van der Waals surface area contributed by atoms with Gasteiger partial charge in [0.25, 0.3) is 11.1 Å². The van der Waals surface area contributed by atoms with E-state index >= 15 is 0 Å². The van der Waals surface area contributed by atoms with Crippen molar-refractivity contribution < 1.29 is 27.1 Å². The molecule has 0 amide bonds. The number of hydrogen-bond acceptors (Lipinski definition) is 9. The molecule has 174 valence electrons. The highest BCUT2D eigenvalue weighted by molar-refractivity contribution is 7.99. The number of Topliss-reactive ketones (excluding diaryl/α,β-unsaturated/α-hetero) is 1. The molecule has 33 heavy (non-hydrogen) atoms. The van der Waals surface area contributed by atoms with E-state index in [0.717, 1.165) is 23.1 Å². The van der Waals surface area contributed by atoms with Gasteiger partial charge in [-0.2, -0.15) is 0 Å². The van der Waals surface area contributed by atoms with Crippen LogP contribution in [-0.4, -0.2) is 52.8 Å². The summed E-state index contributed by atoms with van der Waals surface area (Å²) in [6.45, 7) is 4.01. The molecule has 0 bridgehead atoms. The van der Waals surface area contributed by atoms with E-state index in [2.05, 4.69) is 10.2 Å². The van der Waals surface area contributed by atoms with E-state index in [1.165, 1.54) is 0 Å². The largest absolute Gasteiger partial charge is 0.485 e. The van der Waals surface area contributed by atoms with Crippen LogP contribution in [0.25, 0.3) is 0 Å². The zero-order valence-corrected chi connectivity index (χ0v) is 19.8. The first-order valence-electron chi connectivity index (χ1n) is 10.6. The van der Waals surface area contributed by atoms with Gasteiger partial charge in [0.1, 0.15) is 6.61 Å². The first kappa shape index (κ1) is 22.0. The lowest BCUT2D eigenvalue weighted by Gasteiger charge is -2.23. The summed E-state index contributed by atoms with van der Waals surface area (Å²) in [5.74, 6) is 1.93. The lowest BCUT2D eigenvalue weighted by atomic mass is 10.2. The van der Waals surface area contributed by atoms with Crippen molar-refractivity contribution in [2.75, 3.05) is 23.9 Å². The van der Waals surface area contributed by atoms with E-state index in [1.54, 1.807) is 0 Å². The number of para-hydroxylation sites is 2. The van der Waals surface area contributed by atoms with Crippen LogP contribution in [0.1, 0.15) is 46.2 Å². The number of hydrogen-bond donors (Lipinski definition) is 0. The number of aromatic nitrogens is 3. The summed E-state index contributed by atoms with van der Waals surface area (Å²) in [7, 11) is -3.01. The first-order valence-corrected chi connectivity index (χ1v) is 13.4. The molecule has 4 heterocycles. The molecule has 0 radical (unpaired) electrons. The third kappa shape index (κ3) is 4.39. The Balaban J connectivity index is 1.24. The Kier molecular flexibility index (Phi) is 5.69. The van der Waals surface area contributed by atoms with Crippen molar-refractivity contribution in [3.8, 4) is 11.5 Å². The van der Waals surface area contributed by atoms with Crippen LogP contribution in [0.15, 0.2) is 40.0 Å². The molecule has 1 fully saturated rings. The van der Waals surface area contributed by atoms with E-state index in [9.17, 15) is 13.2 Å². The molecular formula is C22H23N3O6S2. The molecule has 5 rings (SSSR count). The van der Waals surface area contributed by atoms with Crippen LogP contribution >= 0.6 is 11.8 Å². The zero-order valence-electron chi connectivity index (χ0n) is 18.2. The molecule has 2 aliphatic heterocycles. The van der Waals surface area contributed by atoms with Crippen LogP contribution < -0.4 is 9.47 Å². The predicted molar refractivity (Wildman–Crippen MR) is 121 cm³/mol. The third-order valence-corrected chi connectivity index (χ3v) is 8.46. The lowest BCUT2D eigenvalue weighted by Crippen LogP contribution is -2.21.